The lowest BCUT2D eigenvalue weighted by atomic mass is 9.80. The van der Waals surface area contributed by atoms with E-state index in [4.69, 9.17) is 11.6 Å². The third-order valence-electron chi connectivity index (χ3n) is 5.98. The summed E-state index contributed by atoms with van der Waals surface area (Å²) in [6.45, 7) is 4.52. The molecule has 0 radical (unpaired) electrons. The Morgan fingerprint density at radius 3 is 3.04 bits per heavy atom. The van der Waals surface area contributed by atoms with Crippen molar-refractivity contribution >= 4 is 28.7 Å². The molecule has 0 aliphatic carbocycles. The molecule has 132 valence electrons. The first-order valence-corrected chi connectivity index (χ1v) is 9.70. The number of hydrogen-bond donors (Lipinski definition) is 2. The van der Waals surface area contributed by atoms with Gasteiger partial charge < -0.3 is 15.5 Å². The fourth-order valence-electron chi connectivity index (χ4n) is 4.85. The molecule has 2 aromatic rings. The summed E-state index contributed by atoms with van der Waals surface area (Å²) < 4.78 is 0. The van der Waals surface area contributed by atoms with E-state index in [1.807, 2.05) is 6.07 Å². The third kappa shape index (κ3) is 2.55. The highest BCUT2D eigenvalue weighted by Crippen LogP contribution is 2.46. The molecule has 3 aliphatic rings. The number of rotatable bonds is 2. The van der Waals surface area contributed by atoms with Gasteiger partial charge in [0.2, 0.25) is 0 Å². The lowest BCUT2D eigenvalue weighted by Crippen LogP contribution is -2.41. The molecule has 0 bridgehead atoms. The van der Waals surface area contributed by atoms with Gasteiger partial charge in [-0.25, -0.2) is 0 Å². The van der Waals surface area contributed by atoms with Gasteiger partial charge in [0, 0.05) is 48.5 Å². The Labute approximate surface area is 158 Å². The predicted molar refractivity (Wildman–Crippen MR) is 106 cm³/mol. The van der Waals surface area contributed by atoms with Crippen LogP contribution in [-0.4, -0.2) is 26.2 Å². The SMILES string of the molecule is N#Cc1ccc(Cl)cc1Nc1cc2c3c(c1)[C@@H]1CNC[C@@H]1CN3CCC2. The van der Waals surface area contributed by atoms with E-state index in [0.29, 0.717) is 22.4 Å². The zero-order valence-electron chi connectivity index (χ0n) is 14.6. The first-order chi connectivity index (χ1) is 12.7. The van der Waals surface area contributed by atoms with E-state index in [0.717, 1.165) is 30.9 Å². The Bertz CT molecular complexity index is 917. The van der Waals surface area contributed by atoms with Crippen molar-refractivity contribution in [3.63, 3.8) is 0 Å². The van der Waals surface area contributed by atoms with Crippen molar-refractivity contribution in [1.29, 1.82) is 5.26 Å². The van der Waals surface area contributed by atoms with Crippen LogP contribution in [-0.2, 0) is 6.42 Å². The quantitative estimate of drug-likeness (QED) is 0.844. The molecule has 3 heterocycles. The maximum atomic E-state index is 9.40. The van der Waals surface area contributed by atoms with Crippen molar-refractivity contribution in [3.8, 4) is 6.07 Å². The van der Waals surface area contributed by atoms with Gasteiger partial charge >= 0.3 is 0 Å². The van der Waals surface area contributed by atoms with Crippen molar-refractivity contribution in [1.82, 2.24) is 5.32 Å². The zero-order chi connectivity index (χ0) is 17.7. The van der Waals surface area contributed by atoms with Crippen LogP contribution in [0.15, 0.2) is 30.3 Å². The number of aryl methyl sites for hydroxylation is 1. The Hall–Kier alpha value is -2.22. The molecule has 0 unspecified atom stereocenters. The molecule has 0 spiro atoms. The van der Waals surface area contributed by atoms with Crippen molar-refractivity contribution < 1.29 is 0 Å². The first kappa shape index (κ1) is 16.0. The van der Waals surface area contributed by atoms with Crippen LogP contribution in [0.1, 0.15) is 29.0 Å². The number of nitriles is 1. The van der Waals surface area contributed by atoms with Gasteiger partial charge in [-0.2, -0.15) is 5.26 Å². The van der Waals surface area contributed by atoms with Gasteiger partial charge in [-0.3, -0.25) is 0 Å². The molecule has 5 heteroatoms. The van der Waals surface area contributed by atoms with Crippen LogP contribution >= 0.6 is 11.6 Å². The number of benzene rings is 2. The van der Waals surface area contributed by atoms with Crippen LogP contribution in [0.2, 0.25) is 5.02 Å². The minimum absolute atomic E-state index is 0.592. The molecule has 1 fully saturated rings. The van der Waals surface area contributed by atoms with Gasteiger partial charge in [-0.15, -0.1) is 0 Å². The van der Waals surface area contributed by atoms with Gasteiger partial charge in [0.15, 0.2) is 0 Å². The largest absolute Gasteiger partial charge is 0.371 e. The van der Waals surface area contributed by atoms with E-state index < -0.39 is 0 Å². The van der Waals surface area contributed by atoms with Crippen molar-refractivity contribution in [2.45, 2.75) is 18.8 Å². The summed E-state index contributed by atoms with van der Waals surface area (Å²) in [7, 11) is 0. The minimum atomic E-state index is 0.592. The number of nitrogens with one attached hydrogen (secondary N) is 2. The molecule has 4 nitrogen and oxygen atoms in total. The number of hydrogen-bond acceptors (Lipinski definition) is 4. The predicted octanol–water partition coefficient (Wildman–Crippen LogP) is 4.02. The molecular formula is C21H21ClN4. The molecular weight excluding hydrogens is 344 g/mol. The van der Waals surface area contributed by atoms with Gasteiger partial charge in [-0.05, 0) is 60.2 Å². The second-order valence-corrected chi connectivity index (χ2v) is 8.01. The second kappa shape index (κ2) is 6.19. The van der Waals surface area contributed by atoms with Crippen LogP contribution in [0, 0.1) is 17.2 Å². The number of halogens is 1. The summed E-state index contributed by atoms with van der Waals surface area (Å²) in [6, 6.07) is 12.2. The summed E-state index contributed by atoms with van der Waals surface area (Å²) in [4.78, 5) is 2.59. The standard InChI is InChI=1S/C21H21ClN4/c22-16-4-3-14(9-23)20(7-16)25-17-6-13-2-1-5-26-12-15-10-24-11-19(15)18(8-17)21(13)26/h3-4,6-8,15,19,24-25H,1-2,5,10-12H2/t15-,19-/m1/s1. The zero-order valence-corrected chi connectivity index (χ0v) is 15.3. The lowest BCUT2D eigenvalue weighted by molar-refractivity contribution is 0.470. The maximum absolute atomic E-state index is 9.40. The molecule has 2 atom stereocenters. The van der Waals surface area contributed by atoms with Gasteiger partial charge in [0.1, 0.15) is 6.07 Å². The number of anilines is 3. The Kier molecular flexibility index (Phi) is 3.81. The topological polar surface area (TPSA) is 51.1 Å². The van der Waals surface area contributed by atoms with E-state index in [-0.39, 0.29) is 0 Å². The first-order valence-electron chi connectivity index (χ1n) is 9.32. The Balaban J connectivity index is 1.59. The van der Waals surface area contributed by atoms with Crippen molar-refractivity contribution in [2.24, 2.45) is 5.92 Å². The average Bonchev–Trinajstić information content (AvgIpc) is 3.11. The molecule has 2 aromatic carbocycles. The third-order valence-corrected chi connectivity index (χ3v) is 6.22. The van der Waals surface area contributed by atoms with Crippen LogP contribution in [0.25, 0.3) is 0 Å². The van der Waals surface area contributed by atoms with Crippen LogP contribution in [0.5, 0.6) is 0 Å². The normalized spacial score (nSPS) is 23.2. The van der Waals surface area contributed by atoms with Crippen molar-refractivity contribution in [3.05, 3.63) is 52.0 Å². The van der Waals surface area contributed by atoms with E-state index in [1.165, 1.54) is 36.3 Å². The minimum Gasteiger partial charge on any atom is -0.371 e. The molecule has 26 heavy (non-hydrogen) atoms. The summed E-state index contributed by atoms with van der Waals surface area (Å²) in [5.41, 5.74) is 6.82. The Morgan fingerprint density at radius 2 is 2.15 bits per heavy atom. The molecule has 5 rings (SSSR count). The maximum Gasteiger partial charge on any atom is 0.101 e. The Morgan fingerprint density at radius 1 is 1.23 bits per heavy atom. The highest BCUT2D eigenvalue weighted by molar-refractivity contribution is 6.30. The van der Waals surface area contributed by atoms with E-state index in [1.54, 1.807) is 12.1 Å². The van der Waals surface area contributed by atoms with E-state index in [9.17, 15) is 5.26 Å². The monoisotopic (exact) mass is 364 g/mol. The molecule has 3 aliphatic heterocycles. The molecule has 1 saturated heterocycles. The highest BCUT2D eigenvalue weighted by atomic mass is 35.5. The van der Waals surface area contributed by atoms with Crippen molar-refractivity contribution in [2.75, 3.05) is 36.4 Å². The average molecular weight is 365 g/mol. The second-order valence-electron chi connectivity index (χ2n) is 7.57. The van der Waals surface area contributed by atoms with Crippen LogP contribution in [0.4, 0.5) is 17.1 Å². The van der Waals surface area contributed by atoms with Crippen LogP contribution in [0.3, 0.4) is 0 Å². The van der Waals surface area contributed by atoms with E-state index >= 15 is 0 Å². The highest BCUT2D eigenvalue weighted by Gasteiger charge is 2.38. The summed E-state index contributed by atoms with van der Waals surface area (Å²) in [5, 5.41) is 17.1. The summed E-state index contributed by atoms with van der Waals surface area (Å²) >= 11 is 6.15. The number of nitrogens with zero attached hydrogens (tertiary/aromatic N) is 2. The molecule has 0 aromatic heterocycles. The summed E-state index contributed by atoms with van der Waals surface area (Å²) in [5.74, 6) is 1.29. The molecule has 0 saturated carbocycles. The van der Waals surface area contributed by atoms with Gasteiger partial charge in [0.25, 0.3) is 0 Å². The van der Waals surface area contributed by atoms with E-state index in [2.05, 4.69) is 33.7 Å². The lowest BCUT2D eigenvalue weighted by Gasteiger charge is -2.42. The summed E-state index contributed by atoms with van der Waals surface area (Å²) in [6.07, 6.45) is 2.33. The fourth-order valence-corrected chi connectivity index (χ4v) is 5.02. The molecule has 2 N–H and O–H groups in total. The molecule has 0 amide bonds. The number of fused-ring (bicyclic) bond motifs is 2. The van der Waals surface area contributed by atoms with Gasteiger partial charge in [-0.1, -0.05) is 11.6 Å². The smallest absolute Gasteiger partial charge is 0.101 e. The van der Waals surface area contributed by atoms with Crippen LogP contribution < -0.4 is 15.5 Å². The van der Waals surface area contributed by atoms with Gasteiger partial charge in [0.05, 0.1) is 11.3 Å². The fraction of sp³-hybridized carbons (Fsp3) is 0.381.